The number of amides is 1. The molecular weight excluding hydrogens is 318 g/mol. The van der Waals surface area contributed by atoms with Crippen LogP contribution in [0.2, 0.25) is 0 Å². The van der Waals surface area contributed by atoms with E-state index in [1.807, 2.05) is 18.2 Å². The summed E-state index contributed by atoms with van der Waals surface area (Å²) in [5, 5.41) is 4.11. The van der Waals surface area contributed by atoms with Crippen molar-refractivity contribution in [3.63, 3.8) is 0 Å². The summed E-state index contributed by atoms with van der Waals surface area (Å²) in [5.74, 6) is 0.415. The van der Waals surface area contributed by atoms with Gasteiger partial charge in [0.1, 0.15) is 0 Å². The maximum Gasteiger partial charge on any atom is 0.221 e. The molecule has 1 aromatic heterocycles. The minimum absolute atomic E-state index is 0.0435. The molecule has 4 nitrogen and oxygen atoms in total. The predicted molar refractivity (Wildman–Crippen MR) is 102 cm³/mol. The number of thiazole rings is 1. The molecule has 0 spiro atoms. The summed E-state index contributed by atoms with van der Waals surface area (Å²) in [6, 6.07) is 8.24. The van der Waals surface area contributed by atoms with Crippen molar-refractivity contribution in [2.45, 2.75) is 53.1 Å². The van der Waals surface area contributed by atoms with Crippen LogP contribution in [-0.2, 0) is 11.3 Å². The van der Waals surface area contributed by atoms with Crippen molar-refractivity contribution in [1.29, 1.82) is 0 Å². The fraction of sp³-hybridized carbons (Fsp3) is 0.474. The topological polar surface area (TPSA) is 45.2 Å². The molecule has 0 bridgehead atoms. The monoisotopic (exact) mass is 345 g/mol. The second-order valence-corrected chi connectivity index (χ2v) is 7.65. The highest BCUT2D eigenvalue weighted by molar-refractivity contribution is 7.11. The van der Waals surface area contributed by atoms with Gasteiger partial charge in [0.25, 0.3) is 0 Å². The Morgan fingerprint density at radius 3 is 2.54 bits per heavy atom. The van der Waals surface area contributed by atoms with Gasteiger partial charge in [-0.2, -0.15) is 0 Å². The summed E-state index contributed by atoms with van der Waals surface area (Å²) in [4.78, 5) is 19.7. The molecule has 1 N–H and O–H groups in total. The Morgan fingerprint density at radius 1 is 1.29 bits per heavy atom. The molecule has 2 aromatic rings. The Kier molecular flexibility index (Phi) is 6.13. The lowest BCUT2D eigenvalue weighted by atomic mass is 10.1. The fourth-order valence-electron chi connectivity index (χ4n) is 2.64. The normalized spacial score (nSPS) is 12.7. The third-order valence-corrected chi connectivity index (χ3v) is 5.76. The Morgan fingerprint density at radius 2 is 1.96 bits per heavy atom. The van der Waals surface area contributed by atoms with Crippen LogP contribution in [0, 0.1) is 6.92 Å². The zero-order valence-electron chi connectivity index (χ0n) is 15.4. The molecule has 24 heavy (non-hydrogen) atoms. The van der Waals surface area contributed by atoms with Crippen LogP contribution in [0.15, 0.2) is 24.3 Å². The highest BCUT2D eigenvalue weighted by Gasteiger charge is 2.20. The van der Waals surface area contributed by atoms with Crippen molar-refractivity contribution in [3.05, 3.63) is 45.4 Å². The van der Waals surface area contributed by atoms with Crippen molar-refractivity contribution in [2.24, 2.45) is 0 Å². The summed E-state index contributed by atoms with van der Waals surface area (Å²) in [6.07, 6.45) is 0. The van der Waals surface area contributed by atoms with Gasteiger partial charge >= 0.3 is 0 Å². The molecule has 1 heterocycles. The van der Waals surface area contributed by atoms with Gasteiger partial charge in [-0.3, -0.25) is 9.69 Å². The largest absolute Gasteiger partial charge is 0.326 e. The third-order valence-electron chi connectivity index (χ3n) is 4.13. The highest BCUT2D eigenvalue weighted by Crippen LogP contribution is 2.32. The van der Waals surface area contributed by atoms with Gasteiger partial charge < -0.3 is 5.32 Å². The molecule has 0 saturated heterocycles. The lowest BCUT2D eigenvalue weighted by molar-refractivity contribution is -0.114. The number of aryl methyl sites for hydroxylation is 1. The molecule has 0 aliphatic carbocycles. The maximum absolute atomic E-state index is 11.4. The van der Waals surface area contributed by atoms with Gasteiger partial charge in [-0.05, 0) is 32.5 Å². The standard InChI is InChI=1S/C19H27N3OS/c1-12(2)19-20-13(3)18(24-19)14(4)22(6)11-16-9-7-8-10-17(16)21-15(5)23/h7-10,12,14H,11H2,1-6H3,(H,21,23)/t14-/m1/s1. The van der Waals surface area contributed by atoms with Gasteiger partial charge in [0.05, 0.1) is 10.7 Å². The number of nitrogens with zero attached hydrogens (tertiary/aromatic N) is 2. The molecule has 1 aromatic carbocycles. The average Bonchev–Trinajstić information content (AvgIpc) is 2.90. The van der Waals surface area contributed by atoms with Gasteiger partial charge in [-0.1, -0.05) is 32.0 Å². The molecule has 0 radical (unpaired) electrons. The molecule has 0 aliphatic heterocycles. The smallest absolute Gasteiger partial charge is 0.221 e. The predicted octanol–water partition coefficient (Wildman–Crippen LogP) is 4.73. The van der Waals surface area contributed by atoms with Crippen LogP contribution in [0.3, 0.4) is 0 Å². The minimum Gasteiger partial charge on any atom is -0.326 e. The highest BCUT2D eigenvalue weighted by atomic mass is 32.1. The van der Waals surface area contributed by atoms with Gasteiger partial charge in [0.2, 0.25) is 5.91 Å². The Balaban J connectivity index is 2.18. The van der Waals surface area contributed by atoms with Gasteiger partial charge in [0, 0.05) is 36.0 Å². The molecule has 2 rings (SSSR count). The van der Waals surface area contributed by atoms with E-state index in [2.05, 4.69) is 51.0 Å². The van der Waals surface area contributed by atoms with E-state index in [9.17, 15) is 4.79 Å². The number of para-hydroxylation sites is 1. The van der Waals surface area contributed by atoms with Gasteiger partial charge in [-0.25, -0.2) is 4.98 Å². The van der Waals surface area contributed by atoms with E-state index in [1.165, 1.54) is 16.8 Å². The number of benzene rings is 1. The summed E-state index contributed by atoms with van der Waals surface area (Å²) < 4.78 is 0. The first-order valence-corrected chi connectivity index (χ1v) is 9.14. The zero-order chi connectivity index (χ0) is 17.9. The molecular formula is C19H27N3OS. The van der Waals surface area contributed by atoms with E-state index in [4.69, 9.17) is 4.98 Å². The molecule has 0 unspecified atom stereocenters. The Hall–Kier alpha value is -1.72. The molecule has 0 saturated carbocycles. The van der Waals surface area contributed by atoms with Crippen LogP contribution in [-0.4, -0.2) is 22.8 Å². The van der Waals surface area contributed by atoms with Crippen LogP contribution in [0.5, 0.6) is 0 Å². The maximum atomic E-state index is 11.4. The van der Waals surface area contributed by atoms with Crippen LogP contribution < -0.4 is 5.32 Å². The van der Waals surface area contributed by atoms with Crippen molar-refractivity contribution < 1.29 is 4.79 Å². The Bertz CT molecular complexity index is 708. The number of rotatable bonds is 6. The lowest BCUT2D eigenvalue weighted by Gasteiger charge is -2.25. The van der Waals surface area contributed by atoms with Crippen molar-refractivity contribution >= 4 is 22.9 Å². The van der Waals surface area contributed by atoms with Crippen molar-refractivity contribution in [2.75, 3.05) is 12.4 Å². The number of hydrogen-bond acceptors (Lipinski definition) is 4. The Labute approximate surface area is 148 Å². The number of hydrogen-bond donors (Lipinski definition) is 1. The van der Waals surface area contributed by atoms with Gasteiger partial charge in [-0.15, -0.1) is 11.3 Å². The quantitative estimate of drug-likeness (QED) is 0.823. The van der Waals surface area contributed by atoms with E-state index in [0.29, 0.717) is 5.92 Å². The second kappa shape index (κ2) is 7.90. The van der Waals surface area contributed by atoms with E-state index in [0.717, 1.165) is 23.5 Å². The first kappa shape index (κ1) is 18.6. The molecule has 130 valence electrons. The average molecular weight is 346 g/mol. The minimum atomic E-state index is -0.0435. The molecule has 1 amide bonds. The van der Waals surface area contributed by atoms with Crippen LogP contribution in [0.4, 0.5) is 5.69 Å². The first-order valence-electron chi connectivity index (χ1n) is 8.32. The van der Waals surface area contributed by atoms with E-state index < -0.39 is 0 Å². The van der Waals surface area contributed by atoms with Crippen LogP contribution in [0.1, 0.15) is 60.8 Å². The summed E-state index contributed by atoms with van der Waals surface area (Å²) in [7, 11) is 2.11. The van der Waals surface area contributed by atoms with E-state index >= 15 is 0 Å². The van der Waals surface area contributed by atoms with Crippen LogP contribution >= 0.6 is 11.3 Å². The number of carbonyl (C=O) groups excluding carboxylic acids is 1. The second-order valence-electron chi connectivity index (χ2n) is 6.59. The third kappa shape index (κ3) is 4.42. The molecule has 5 heteroatoms. The summed E-state index contributed by atoms with van der Waals surface area (Å²) >= 11 is 1.81. The summed E-state index contributed by atoms with van der Waals surface area (Å²) in [5.41, 5.74) is 3.12. The number of carbonyl (C=O) groups is 1. The zero-order valence-corrected chi connectivity index (χ0v) is 16.2. The molecule has 0 fully saturated rings. The summed E-state index contributed by atoms with van der Waals surface area (Å²) in [6.45, 7) is 11.0. The van der Waals surface area contributed by atoms with Crippen LogP contribution in [0.25, 0.3) is 0 Å². The van der Waals surface area contributed by atoms with E-state index in [-0.39, 0.29) is 11.9 Å². The molecule has 1 atom stereocenters. The first-order chi connectivity index (χ1) is 11.3. The van der Waals surface area contributed by atoms with E-state index in [1.54, 1.807) is 11.3 Å². The number of anilines is 1. The SMILES string of the molecule is CC(=O)Nc1ccccc1CN(C)[C@H](C)c1sc(C(C)C)nc1C. The fourth-order valence-corrected chi connectivity index (χ4v) is 3.83. The number of aromatic nitrogens is 1. The van der Waals surface area contributed by atoms with Crippen molar-refractivity contribution in [3.8, 4) is 0 Å². The lowest BCUT2D eigenvalue weighted by Crippen LogP contribution is -2.22. The van der Waals surface area contributed by atoms with Gasteiger partial charge in [0.15, 0.2) is 0 Å². The number of nitrogens with one attached hydrogen (secondary N) is 1. The molecule has 0 aliphatic rings. The van der Waals surface area contributed by atoms with Crippen molar-refractivity contribution in [1.82, 2.24) is 9.88 Å².